The quantitative estimate of drug-likeness (QED) is 0.620. The third-order valence-corrected chi connectivity index (χ3v) is 4.37. The summed E-state index contributed by atoms with van der Waals surface area (Å²) in [6.07, 6.45) is -2.95. The number of halogens is 2. The summed E-state index contributed by atoms with van der Waals surface area (Å²) in [5.41, 5.74) is -1.48. The Kier molecular flexibility index (Phi) is 4.91. The van der Waals surface area contributed by atoms with Crippen molar-refractivity contribution in [1.82, 2.24) is 4.31 Å². The topological polar surface area (TPSA) is 118 Å². The molecule has 0 heterocycles. The summed E-state index contributed by atoms with van der Waals surface area (Å²) >= 11 is 0. The molecule has 0 saturated heterocycles. The lowest BCUT2D eigenvalue weighted by Crippen LogP contribution is -2.32. The van der Waals surface area contributed by atoms with Crippen molar-refractivity contribution >= 4 is 21.7 Å². The van der Waals surface area contributed by atoms with Crippen LogP contribution in [0.3, 0.4) is 0 Å². The van der Waals surface area contributed by atoms with Gasteiger partial charge in [-0.3, -0.25) is 10.1 Å². The molecule has 0 amide bonds. The average molecular weight is 324 g/mol. The van der Waals surface area contributed by atoms with Gasteiger partial charge in [-0.15, -0.1) is 0 Å². The number of carbonyl (C=O) groups is 1. The smallest absolute Gasteiger partial charge is 0.337 e. The van der Waals surface area contributed by atoms with E-state index >= 15 is 0 Å². The van der Waals surface area contributed by atoms with Crippen LogP contribution in [0.5, 0.6) is 0 Å². The lowest BCUT2D eigenvalue weighted by molar-refractivity contribution is -0.384. The number of hydrogen-bond acceptors (Lipinski definition) is 5. The molecule has 1 aromatic rings. The van der Waals surface area contributed by atoms with Crippen molar-refractivity contribution in [2.45, 2.75) is 11.3 Å². The van der Waals surface area contributed by atoms with Crippen molar-refractivity contribution in [3.05, 3.63) is 33.9 Å². The predicted octanol–water partition coefficient (Wildman–Crippen LogP) is 1.18. The van der Waals surface area contributed by atoms with Crippen LogP contribution in [0.15, 0.2) is 23.1 Å². The van der Waals surface area contributed by atoms with Crippen molar-refractivity contribution in [3.8, 4) is 0 Å². The van der Waals surface area contributed by atoms with E-state index in [1.54, 1.807) is 0 Å². The lowest BCUT2D eigenvalue weighted by Gasteiger charge is -2.17. The van der Waals surface area contributed by atoms with Crippen LogP contribution >= 0.6 is 0 Å². The van der Waals surface area contributed by atoms with Gasteiger partial charge in [0.1, 0.15) is 0 Å². The van der Waals surface area contributed by atoms with E-state index in [-0.39, 0.29) is 4.31 Å². The predicted molar refractivity (Wildman–Crippen MR) is 65.9 cm³/mol. The van der Waals surface area contributed by atoms with Gasteiger partial charge in [0.15, 0.2) is 0 Å². The molecule has 0 bridgehead atoms. The Morgan fingerprint density at radius 3 is 2.48 bits per heavy atom. The molecule has 0 radical (unpaired) electrons. The van der Waals surface area contributed by atoms with Gasteiger partial charge in [0.05, 0.1) is 21.9 Å². The summed E-state index contributed by atoms with van der Waals surface area (Å²) < 4.78 is 48.8. The van der Waals surface area contributed by atoms with E-state index in [0.29, 0.717) is 12.1 Å². The molecule has 0 atom stereocenters. The van der Waals surface area contributed by atoms with Gasteiger partial charge in [-0.1, -0.05) is 0 Å². The van der Waals surface area contributed by atoms with Crippen LogP contribution in [-0.4, -0.2) is 48.7 Å². The Labute approximate surface area is 117 Å². The average Bonchev–Trinajstić information content (AvgIpc) is 2.36. The van der Waals surface area contributed by atoms with Gasteiger partial charge in [-0.2, -0.15) is 4.31 Å². The highest BCUT2D eigenvalue weighted by Crippen LogP contribution is 2.24. The standard InChI is InChI=1S/C10H10F2N2O6S/c1-13(5-9(11)12)21(19,20)8-3-2-6(14(17)18)4-7(8)10(15)16/h2-4,9H,5H2,1H3,(H,15,16). The fraction of sp³-hybridized carbons (Fsp3) is 0.300. The molecule has 116 valence electrons. The number of sulfonamides is 1. The number of alkyl halides is 2. The Morgan fingerprint density at radius 1 is 1.48 bits per heavy atom. The van der Waals surface area contributed by atoms with E-state index < -0.39 is 50.0 Å². The van der Waals surface area contributed by atoms with Gasteiger partial charge >= 0.3 is 5.97 Å². The molecule has 11 heteroatoms. The monoisotopic (exact) mass is 324 g/mol. The number of nitro groups is 1. The van der Waals surface area contributed by atoms with E-state index in [1.807, 2.05) is 0 Å². The first-order valence-corrected chi connectivity index (χ1v) is 6.77. The Hall–Kier alpha value is -2.14. The van der Waals surface area contributed by atoms with Gasteiger partial charge in [-0.05, 0) is 6.07 Å². The van der Waals surface area contributed by atoms with Gasteiger partial charge in [-0.25, -0.2) is 22.0 Å². The largest absolute Gasteiger partial charge is 0.478 e. The Balaban J connectivity index is 3.42. The molecule has 21 heavy (non-hydrogen) atoms. The normalized spacial score (nSPS) is 11.9. The zero-order valence-corrected chi connectivity index (χ0v) is 11.4. The van der Waals surface area contributed by atoms with E-state index in [2.05, 4.69) is 0 Å². The molecule has 1 aromatic carbocycles. The molecule has 1 rings (SSSR count). The first-order valence-electron chi connectivity index (χ1n) is 5.33. The van der Waals surface area contributed by atoms with Gasteiger partial charge in [0.2, 0.25) is 10.0 Å². The summed E-state index contributed by atoms with van der Waals surface area (Å²) in [5.74, 6) is -1.72. The zero-order chi connectivity index (χ0) is 16.4. The zero-order valence-electron chi connectivity index (χ0n) is 10.6. The number of nitro benzene ring substituents is 1. The molecule has 0 spiro atoms. The third kappa shape index (κ3) is 3.70. The van der Waals surface area contributed by atoms with Crippen LogP contribution in [0.1, 0.15) is 10.4 Å². The molecule has 0 unspecified atom stereocenters. The number of aromatic carboxylic acids is 1. The second kappa shape index (κ2) is 6.10. The first kappa shape index (κ1) is 16.9. The maximum atomic E-state index is 12.2. The highest BCUT2D eigenvalue weighted by molar-refractivity contribution is 7.89. The van der Waals surface area contributed by atoms with E-state index in [4.69, 9.17) is 5.11 Å². The summed E-state index contributed by atoms with van der Waals surface area (Å²) in [6, 6.07) is 2.06. The molecular formula is C10H10F2N2O6S. The van der Waals surface area contributed by atoms with E-state index in [0.717, 1.165) is 13.1 Å². The number of carboxylic acids is 1. The molecule has 0 aliphatic carbocycles. The molecule has 1 N–H and O–H groups in total. The maximum Gasteiger partial charge on any atom is 0.337 e. The maximum absolute atomic E-state index is 12.2. The summed E-state index contributed by atoms with van der Waals surface area (Å²) in [5, 5.41) is 19.5. The number of benzene rings is 1. The van der Waals surface area contributed by atoms with Gasteiger partial charge < -0.3 is 5.11 Å². The molecular weight excluding hydrogens is 314 g/mol. The van der Waals surface area contributed by atoms with Crippen molar-refractivity contribution in [3.63, 3.8) is 0 Å². The van der Waals surface area contributed by atoms with Crippen molar-refractivity contribution < 1.29 is 32.0 Å². The Morgan fingerprint density at radius 2 is 2.05 bits per heavy atom. The third-order valence-electron chi connectivity index (χ3n) is 2.49. The Bertz CT molecular complexity index is 676. The molecule has 0 fully saturated rings. The number of nitrogens with zero attached hydrogens (tertiary/aromatic N) is 2. The van der Waals surface area contributed by atoms with Crippen LogP contribution in [0.4, 0.5) is 14.5 Å². The number of non-ortho nitro benzene ring substituents is 1. The minimum absolute atomic E-state index is 0.283. The summed E-state index contributed by atoms with van der Waals surface area (Å²) in [4.78, 5) is 19.9. The first-order chi connectivity index (χ1) is 9.57. The molecule has 0 aromatic heterocycles. The molecule has 8 nitrogen and oxygen atoms in total. The highest BCUT2D eigenvalue weighted by Gasteiger charge is 2.29. The van der Waals surface area contributed by atoms with Gasteiger partial charge in [0.25, 0.3) is 12.1 Å². The second-order valence-electron chi connectivity index (χ2n) is 3.92. The van der Waals surface area contributed by atoms with Crippen LogP contribution in [0.2, 0.25) is 0 Å². The van der Waals surface area contributed by atoms with Crippen molar-refractivity contribution in [2.24, 2.45) is 0 Å². The fourth-order valence-electron chi connectivity index (χ4n) is 1.48. The molecule has 0 aliphatic rings. The highest BCUT2D eigenvalue weighted by atomic mass is 32.2. The fourth-order valence-corrected chi connectivity index (χ4v) is 2.79. The number of carboxylic acid groups (broad SMARTS) is 1. The minimum atomic E-state index is -4.50. The van der Waals surface area contributed by atoms with Gasteiger partial charge in [0, 0.05) is 19.2 Å². The van der Waals surface area contributed by atoms with Crippen LogP contribution < -0.4 is 0 Å². The SMILES string of the molecule is CN(CC(F)F)S(=O)(=O)c1ccc([N+](=O)[O-])cc1C(=O)O. The number of hydrogen-bond donors (Lipinski definition) is 1. The van der Waals surface area contributed by atoms with Crippen LogP contribution in [0.25, 0.3) is 0 Å². The lowest BCUT2D eigenvalue weighted by atomic mass is 10.2. The van der Waals surface area contributed by atoms with E-state index in [1.165, 1.54) is 0 Å². The molecule has 0 saturated carbocycles. The summed E-state index contributed by atoms with van der Waals surface area (Å²) in [6.45, 7) is -1.13. The van der Waals surface area contributed by atoms with Crippen LogP contribution in [-0.2, 0) is 10.0 Å². The minimum Gasteiger partial charge on any atom is -0.478 e. The number of rotatable bonds is 6. The molecule has 0 aliphatic heterocycles. The van der Waals surface area contributed by atoms with E-state index in [9.17, 15) is 32.1 Å². The summed E-state index contributed by atoms with van der Waals surface area (Å²) in [7, 11) is -3.65. The van der Waals surface area contributed by atoms with Crippen molar-refractivity contribution in [1.29, 1.82) is 0 Å². The van der Waals surface area contributed by atoms with Crippen molar-refractivity contribution in [2.75, 3.05) is 13.6 Å². The van der Waals surface area contributed by atoms with Crippen LogP contribution in [0, 0.1) is 10.1 Å². The second-order valence-corrected chi connectivity index (χ2v) is 5.93.